The maximum absolute atomic E-state index is 5.94. The Morgan fingerprint density at radius 1 is 0.880 bits per heavy atom. The van der Waals surface area contributed by atoms with Crippen molar-refractivity contribution < 1.29 is 26.2 Å². The monoisotopic (exact) mass is 422 g/mol. The number of benzene rings is 1. The van der Waals surface area contributed by atoms with Crippen molar-refractivity contribution in [1.29, 1.82) is 0 Å². The van der Waals surface area contributed by atoms with Crippen LogP contribution < -0.4 is 0 Å². The summed E-state index contributed by atoms with van der Waals surface area (Å²) < 4.78 is 0. The van der Waals surface area contributed by atoms with E-state index in [1.807, 2.05) is 91.0 Å². The molecular formula is C23H25PZr-8. The van der Waals surface area contributed by atoms with Gasteiger partial charge in [0.2, 0.25) is 0 Å². The maximum Gasteiger partial charge on any atom is 0 e. The third-order valence-electron chi connectivity index (χ3n) is 2.69. The summed E-state index contributed by atoms with van der Waals surface area (Å²) in [6.07, 6.45) is 0. The van der Waals surface area contributed by atoms with E-state index in [0.29, 0.717) is 0 Å². The van der Waals surface area contributed by atoms with Crippen LogP contribution in [0.5, 0.6) is 0 Å². The van der Waals surface area contributed by atoms with Gasteiger partial charge in [-0.1, -0.05) is 39.0 Å². The van der Waals surface area contributed by atoms with Crippen LogP contribution in [0.15, 0.2) is 91.0 Å². The molecule has 0 heterocycles. The molecule has 0 radical (unpaired) electrons. The van der Waals surface area contributed by atoms with Crippen LogP contribution in [0.25, 0.3) is 5.31 Å². The summed E-state index contributed by atoms with van der Waals surface area (Å²) in [5, 5.41) is 0.862. The Morgan fingerprint density at radius 2 is 1.36 bits per heavy atom. The summed E-state index contributed by atoms with van der Waals surface area (Å²) in [7, 11) is 0.980. The van der Waals surface area contributed by atoms with Gasteiger partial charge >= 0.3 is 0 Å². The molecule has 0 nitrogen and oxygen atoms in total. The second-order valence-electron chi connectivity index (χ2n) is 6.15. The van der Waals surface area contributed by atoms with Crippen LogP contribution >= 0.6 is 8.20 Å². The van der Waals surface area contributed by atoms with Crippen molar-refractivity contribution in [3.05, 3.63) is 103 Å². The third-order valence-corrected chi connectivity index (χ3v) is 3.97. The van der Waals surface area contributed by atoms with Crippen molar-refractivity contribution in [2.45, 2.75) is 20.8 Å². The molecule has 0 bridgehead atoms. The van der Waals surface area contributed by atoms with E-state index in [0.717, 1.165) is 19.1 Å². The quantitative estimate of drug-likeness (QED) is 0.309. The van der Waals surface area contributed by atoms with Gasteiger partial charge in [-0.05, 0) is 0 Å². The van der Waals surface area contributed by atoms with E-state index in [9.17, 15) is 0 Å². The summed E-state index contributed by atoms with van der Waals surface area (Å²) in [5.74, 6) is 3.33. The minimum absolute atomic E-state index is 0. The van der Waals surface area contributed by atoms with Gasteiger partial charge in [-0.15, -0.1) is 12.1 Å². The minimum atomic E-state index is 0. The largest absolute Gasteiger partial charge is 0.748 e. The standard InChI is InChI=1S/C13H15P.2C5H5.Zr/c1-11(14-10-13(2,3)4)12-8-6-5-7-9-12;2*1-2-4-5-3-1;/h1,5-9H,2-4H3;2*1-5H;/q-2;-5;-1;. The molecule has 0 N–H and O–H groups in total. The Morgan fingerprint density at radius 3 is 1.72 bits per heavy atom. The molecule has 3 aromatic carbocycles. The molecule has 0 aliphatic heterocycles. The number of hydrogen-bond acceptors (Lipinski definition) is 0. The molecule has 134 valence electrons. The van der Waals surface area contributed by atoms with Crippen LogP contribution in [0, 0.1) is 12.0 Å². The SMILES string of the molecule is [CH-]=C(P=[C-]C(C)(C)C)c1ccccc1.[Zr].[cH-]1[cH-][cH-][cH-][cH-]1.c1cc[cH-]c1. The van der Waals surface area contributed by atoms with E-state index in [2.05, 4.69) is 26.6 Å². The van der Waals surface area contributed by atoms with E-state index in [-0.39, 0.29) is 31.6 Å². The summed E-state index contributed by atoms with van der Waals surface area (Å²) in [6.45, 7) is 12.3. The molecule has 2 heteroatoms. The molecule has 25 heavy (non-hydrogen) atoms. The smallest absolute Gasteiger partial charge is 0 e. The topological polar surface area (TPSA) is 0 Å². The summed E-state index contributed by atoms with van der Waals surface area (Å²) >= 11 is 0. The van der Waals surface area contributed by atoms with Crippen LogP contribution in [0.3, 0.4) is 0 Å². The van der Waals surface area contributed by atoms with Crippen LogP contribution in [0.2, 0.25) is 0 Å². The van der Waals surface area contributed by atoms with Crippen molar-refractivity contribution in [3.63, 3.8) is 0 Å². The van der Waals surface area contributed by atoms with Crippen LogP contribution in [0.4, 0.5) is 0 Å². The van der Waals surface area contributed by atoms with Gasteiger partial charge in [0, 0.05) is 26.2 Å². The molecule has 0 saturated carbocycles. The fraction of sp³-hybridized carbons (Fsp3) is 0.174. The first-order valence-corrected chi connectivity index (χ1v) is 8.87. The molecule has 0 aliphatic rings. The summed E-state index contributed by atoms with van der Waals surface area (Å²) in [6, 6.07) is 30.0. The predicted molar refractivity (Wildman–Crippen MR) is 110 cm³/mol. The van der Waals surface area contributed by atoms with Gasteiger partial charge in [-0.2, -0.15) is 29.2 Å². The average Bonchev–Trinajstić information content (AvgIpc) is 3.30. The molecule has 0 fully saturated rings. The summed E-state index contributed by atoms with van der Waals surface area (Å²) in [5.41, 5.74) is 1.19. The predicted octanol–water partition coefficient (Wildman–Crippen LogP) is 6.94. The molecule has 0 saturated heterocycles. The van der Waals surface area contributed by atoms with Gasteiger partial charge in [0.1, 0.15) is 0 Å². The molecule has 3 aromatic rings. The Kier molecular flexibility index (Phi) is 13.2. The second-order valence-corrected chi connectivity index (χ2v) is 7.08. The van der Waals surface area contributed by atoms with Crippen LogP contribution in [-0.4, -0.2) is 5.80 Å². The zero-order valence-electron chi connectivity index (χ0n) is 15.2. The number of hydrogen-bond donors (Lipinski definition) is 0. The van der Waals surface area contributed by atoms with E-state index >= 15 is 0 Å². The Bertz CT molecular complexity index is 596. The molecule has 0 amide bonds. The molecule has 0 atom stereocenters. The van der Waals surface area contributed by atoms with E-state index < -0.39 is 0 Å². The van der Waals surface area contributed by atoms with Gasteiger partial charge in [-0.25, -0.2) is 17.4 Å². The molecule has 0 aliphatic carbocycles. The van der Waals surface area contributed by atoms with Crippen LogP contribution in [-0.2, 0) is 26.2 Å². The molecular weight excluding hydrogens is 398 g/mol. The van der Waals surface area contributed by atoms with Gasteiger partial charge in [0.25, 0.3) is 0 Å². The number of rotatable bonds is 2. The van der Waals surface area contributed by atoms with Gasteiger partial charge in [0.05, 0.1) is 0 Å². The maximum atomic E-state index is 5.94. The first kappa shape index (κ1) is 23.7. The summed E-state index contributed by atoms with van der Waals surface area (Å²) in [4.78, 5) is 0. The van der Waals surface area contributed by atoms with E-state index in [1.54, 1.807) is 0 Å². The Labute approximate surface area is 174 Å². The molecule has 0 unspecified atom stereocenters. The zero-order chi connectivity index (χ0) is 17.7. The van der Waals surface area contributed by atoms with Gasteiger partial charge < -0.3 is 44.3 Å². The molecule has 0 aromatic heterocycles. The van der Waals surface area contributed by atoms with E-state index in [4.69, 9.17) is 6.58 Å². The van der Waals surface area contributed by atoms with Gasteiger partial charge in [0.15, 0.2) is 0 Å². The average molecular weight is 424 g/mol. The fourth-order valence-electron chi connectivity index (χ4n) is 1.54. The fourth-order valence-corrected chi connectivity index (χ4v) is 2.28. The first-order chi connectivity index (χ1) is 11.5. The van der Waals surface area contributed by atoms with Crippen molar-refractivity contribution in [2.24, 2.45) is 5.41 Å². The minimum Gasteiger partial charge on any atom is -0.748 e. The van der Waals surface area contributed by atoms with E-state index in [1.165, 1.54) is 0 Å². The zero-order valence-corrected chi connectivity index (χ0v) is 18.5. The van der Waals surface area contributed by atoms with Gasteiger partial charge in [-0.3, -0.25) is 6.58 Å². The molecule has 3 rings (SSSR count). The van der Waals surface area contributed by atoms with Crippen molar-refractivity contribution >= 4 is 19.3 Å². The first-order valence-electron chi connectivity index (χ1n) is 7.98. The van der Waals surface area contributed by atoms with Crippen molar-refractivity contribution in [1.82, 2.24) is 0 Å². The second kappa shape index (κ2) is 13.9. The molecule has 0 spiro atoms. The Hall–Kier alpha value is -1.29. The van der Waals surface area contributed by atoms with Crippen LogP contribution in [0.1, 0.15) is 26.3 Å². The third kappa shape index (κ3) is 13.7. The van der Waals surface area contributed by atoms with Crippen molar-refractivity contribution in [3.8, 4) is 0 Å². The van der Waals surface area contributed by atoms with Crippen molar-refractivity contribution in [2.75, 3.05) is 0 Å². The Balaban J connectivity index is 0.000000425. The normalized spacial score (nSPS) is 9.88.